The van der Waals surface area contributed by atoms with Crippen LogP contribution in [0.3, 0.4) is 0 Å². The molecule has 5 nitrogen and oxygen atoms in total. The van der Waals surface area contributed by atoms with Gasteiger partial charge in [-0.3, -0.25) is 4.99 Å². The first kappa shape index (κ1) is 14.8. The quantitative estimate of drug-likeness (QED) is 0.875. The molecule has 1 unspecified atom stereocenters. The number of methoxy groups -OCH3 is 1. The highest BCUT2D eigenvalue weighted by Gasteiger charge is 2.14. The molecule has 0 aromatic heterocycles. The Balaban J connectivity index is 2.07. The molecule has 6 heteroatoms. The number of hydrogen-bond acceptors (Lipinski definition) is 5. The van der Waals surface area contributed by atoms with E-state index in [2.05, 4.69) is 22.5 Å². The largest absolute Gasteiger partial charge is 0.493 e. The van der Waals surface area contributed by atoms with Gasteiger partial charge < -0.3 is 20.1 Å². The van der Waals surface area contributed by atoms with Gasteiger partial charge in [-0.2, -0.15) is 0 Å². The molecule has 2 rings (SSSR count). The smallest absolute Gasteiger partial charge is 0.191 e. The summed E-state index contributed by atoms with van der Waals surface area (Å²) in [6.07, 6.45) is 0. The topological polar surface area (TPSA) is 54.9 Å². The minimum atomic E-state index is 0.385. The van der Waals surface area contributed by atoms with Gasteiger partial charge in [-0.05, 0) is 31.5 Å². The first-order valence-electron chi connectivity index (χ1n) is 6.68. The van der Waals surface area contributed by atoms with E-state index in [1.54, 1.807) is 7.11 Å². The number of nitrogens with one attached hydrogen (secondary N) is 2. The highest BCUT2D eigenvalue weighted by atomic mass is 35.5. The summed E-state index contributed by atoms with van der Waals surface area (Å²) < 4.78 is 10.8. The molecule has 0 saturated carbocycles. The molecule has 0 radical (unpaired) electrons. The van der Waals surface area contributed by atoms with Gasteiger partial charge in [0.05, 0.1) is 25.3 Å². The molecule has 2 N–H and O–H groups in total. The first-order chi connectivity index (χ1) is 9.63. The van der Waals surface area contributed by atoms with Crippen molar-refractivity contribution in [2.75, 3.05) is 20.3 Å². The molecule has 0 aliphatic carbocycles. The summed E-state index contributed by atoms with van der Waals surface area (Å²) in [6, 6.07) is 4.18. The molecular weight excluding hydrogens is 278 g/mol. The summed E-state index contributed by atoms with van der Waals surface area (Å²) in [5.74, 6) is 2.05. The maximum atomic E-state index is 6.23. The van der Waals surface area contributed by atoms with Crippen molar-refractivity contribution in [3.63, 3.8) is 0 Å². The van der Waals surface area contributed by atoms with Crippen molar-refractivity contribution in [1.29, 1.82) is 0 Å². The van der Waals surface area contributed by atoms with Crippen LogP contribution in [-0.4, -0.2) is 32.3 Å². The second kappa shape index (κ2) is 6.70. The van der Waals surface area contributed by atoms with Crippen LogP contribution >= 0.6 is 11.6 Å². The van der Waals surface area contributed by atoms with Gasteiger partial charge in [0.15, 0.2) is 17.5 Å². The predicted molar refractivity (Wildman–Crippen MR) is 80.9 cm³/mol. The molecule has 1 atom stereocenters. The van der Waals surface area contributed by atoms with Gasteiger partial charge in [0.1, 0.15) is 0 Å². The highest BCUT2D eigenvalue weighted by molar-refractivity contribution is 6.32. The number of halogens is 1. The lowest BCUT2D eigenvalue weighted by Gasteiger charge is -2.14. The summed E-state index contributed by atoms with van der Waals surface area (Å²) in [5.41, 5.74) is 1.01. The number of ether oxygens (including phenoxy) is 2. The average molecular weight is 298 g/mol. The molecule has 1 aliphatic heterocycles. The second-order valence-corrected chi connectivity index (χ2v) is 5.04. The fraction of sp³-hybridized carbons (Fsp3) is 0.500. The zero-order chi connectivity index (χ0) is 14.5. The van der Waals surface area contributed by atoms with E-state index < -0.39 is 0 Å². The minimum Gasteiger partial charge on any atom is -0.493 e. The van der Waals surface area contributed by atoms with Crippen LogP contribution in [0, 0.1) is 0 Å². The summed E-state index contributed by atoms with van der Waals surface area (Å²) in [4.78, 5) is 4.35. The zero-order valence-corrected chi connectivity index (χ0v) is 12.8. The fourth-order valence-electron chi connectivity index (χ4n) is 2.01. The van der Waals surface area contributed by atoms with Gasteiger partial charge in [-0.1, -0.05) is 11.6 Å². The minimum absolute atomic E-state index is 0.385. The summed E-state index contributed by atoms with van der Waals surface area (Å²) in [6.45, 7) is 5.98. The maximum absolute atomic E-state index is 6.23. The van der Waals surface area contributed by atoms with Crippen molar-refractivity contribution in [3.8, 4) is 11.5 Å². The van der Waals surface area contributed by atoms with Crippen molar-refractivity contribution in [2.45, 2.75) is 26.4 Å². The Kier molecular flexibility index (Phi) is 4.95. The molecule has 0 fully saturated rings. The lowest BCUT2D eigenvalue weighted by Crippen LogP contribution is -2.37. The lowest BCUT2D eigenvalue weighted by molar-refractivity contribution is 0.311. The van der Waals surface area contributed by atoms with Crippen LogP contribution in [0.5, 0.6) is 11.5 Å². The van der Waals surface area contributed by atoms with Gasteiger partial charge in [0.2, 0.25) is 0 Å². The molecule has 20 heavy (non-hydrogen) atoms. The first-order valence-corrected chi connectivity index (χ1v) is 7.06. The number of benzene rings is 1. The Bertz CT molecular complexity index is 505. The van der Waals surface area contributed by atoms with E-state index in [1.165, 1.54) is 0 Å². The van der Waals surface area contributed by atoms with Crippen LogP contribution in [0.4, 0.5) is 0 Å². The molecule has 0 bridgehead atoms. The maximum Gasteiger partial charge on any atom is 0.191 e. The third kappa shape index (κ3) is 3.48. The summed E-state index contributed by atoms with van der Waals surface area (Å²) in [7, 11) is 1.61. The number of nitrogens with zero attached hydrogens (tertiary/aromatic N) is 1. The van der Waals surface area contributed by atoms with E-state index in [0.717, 1.165) is 18.1 Å². The molecule has 110 valence electrons. The molecule has 1 aromatic carbocycles. The predicted octanol–water partition coefficient (Wildman–Crippen LogP) is 2.18. The monoisotopic (exact) mass is 297 g/mol. The average Bonchev–Trinajstić information content (AvgIpc) is 2.85. The van der Waals surface area contributed by atoms with Gasteiger partial charge in [-0.15, -0.1) is 0 Å². The SMILES string of the molecule is CCOc1c(Cl)cc(CNC2=NCC(C)N2)cc1OC. The summed E-state index contributed by atoms with van der Waals surface area (Å²) in [5, 5.41) is 7.04. The van der Waals surface area contributed by atoms with E-state index in [1.807, 2.05) is 19.1 Å². The number of aliphatic imine (C=N–C) groups is 1. The van der Waals surface area contributed by atoms with Crippen molar-refractivity contribution >= 4 is 17.6 Å². The molecule has 1 aliphatic rings. The molecule has 0 spiro atoms. The Hall–Kier alpha value is -1.62. The van der Waals surface area contributed by atoms with Crippen molar-refractivity contribution in [2.24, 2.45) is 4.99 Å². The lowest BCUT2D eigenvalue weighted by atomic mass is 10.2. The highest BCUT2D eigenvalue weighted by Crippen LogP contribution is 2.36. The van der Waals surface area contributed by atoms with Crippen molar-refractivity contribution in [1.82, 2.24) is 10.6 Å². The van der Waals surface area contributed by atoms with E-state index >= 15 is 0 Å². The van der Waals surface area contributed by atoms with Crippen LogP contribution in [0.2, 0.25) is 5.02 Å². The van der Waals surface area contributed by atoms with Gasteiger partial charge in [-0.25, -0.2) is 0 Å². The molecule has 1 aromatic rings. The number of hydrogen-bond donors (Lipinski definition) is 2. The van der Waals surface area contributed by atoms with Crippen LogP contribution < -0.4 is 20.1 Å². The van der Waals surface area contributed by atoms with Crippen LogP contribution in [0.15, 0.2) is 17.1 Å². The van der Waals surface area contributed by atoms with Gasteiger partial charge >= 0.3 is 0 Å². The normalized spacial score (nSPS) is 17.4. The van der Waals surface area contributed by atoms with Crippen LogP contribution in [0.25, 0.3) is 0 Å². The molecular formula is C14H20ClN3O2. The third-order valence-corrected chi connectivity index (χ3v) is 3.22. The Morgan fingerprint density at radius 2 is 2.30 bits per heavy atom. The van der Waals surface area contributed by atoms with Gasteiger partial charge in [0, 0.05) is 12.6 Å². The third-order valence-electron chi connectivity index (χ3n) is 2.94. The second-order valence-electron chi connectivity index (χ2n) is 4.63. The zero-order valence-electron chi connectivity index (χ0n) is 12.0. The fourth-order valence-corrected chi connectivity index (χ4v) is 2.29. The van der Waals surface area contributed by atoms with Crippen molar-refractivity contribution in [3.05, 3.63) is 22.7 Å². The molecule has 0 amide bonds. The van der Waals surface area contributed by atoms with Crippen LogP contribution in [-0.2, 0) is 6.54 Å². The van der Waals surface area contributed by atoms with E-state index in [9.17, 15) is 0 Å². The van der Waals surface area contributed by atoms with E-state index in [4.69, 9.17) is 21.1 Å². The number of guanidine groups is 1. The Morgan fingerprint density at radius 3 is 2.90 bits per heavy atom. The molecule has 1 heterocycles. The number of rotatable bonds is 5. The van der Waals surface area contributed by atoms with E-state index in [-0.39, 0.29) is 0 Å². The van der Waals surface area contributed by atoms with E-state index in [0.29, 0.717) is 35.7 Å². The van der Waals surface area contributed by atoms with Crippen molar-refractivity contribution < 1.29 is 9.47 Å². The summed E-state index contributed by atoms with van der Waals surface area (Å²) >= 11 is 6.23. The standard InChI is InChI=1S/C14H20ClN3O2/c1-4-20-13-11(15)5-10(6-12(13)19-3)8-17-14-16-7-9(2)18-14/h5-6,9H,4,7-8H2,1-3H3,(H2,16,17,18). The van der Waals surface area contributed by atoms with Crippen LogP contribution in [0.1, 0.15) is 19.4 Å². The Morgan fingerprint density at radius 1 is 1.50 bits per heavy atom. The molecule has 0 saturated heterocycles. The Labute approximate surface area is 124 Å². The van der Waals surface area contributed by atoms with Gasteiger partial charge in [0.25, 0.3) is 0 Å².